The quantitative estimate of drug-likeness (QED) is 0.608. The molecule has 0 saturated heterocycles. The Kier molecular flexibility index (Phi) is 7.54. The topological polar surface area (TPSA) is 89.9 Å². The summed E-state index contributed by atoms with van der Waals surface area (Å²) in [6.07, 6.45) is 4.99. The third kappa shape index (κ3) is 7.45. The van der Waals surface area contributed by atoms with Crippen molar-refractivity contribution in [3.05, 3.63) is 0 Å². The van der Waals surface area contributed by atoms with Gasteiger partial charge in [-0.3, -0.25) is 14.5 Å². The van der Waals surface area contributed by atoms with Crippen molar-refractivity contribution < 1.29 is 19.8 Å². The van der Waals surface area contributed by atoms with Crippen LogP contribution in [0.2, 0.25) is 0 Å². The number of aliphatic hydroxyl groups excluding tert-OH is 1. The van der Waals surface area contributed by atoms with Gasteiger partial charge in [0.2, 0.25) is 5.91 Å². The normalized spacial score (nSPS) is 17.9. The van der Waals surface area contributed by atoms with Crippen LogP contribution < -0.4 is 5.32 Å². The fourth-order valence-corrected chi connectivity index (χ4v) is 2.59. The summed E-state index contributed by atoms with van der Waals surface area (Å²) in [5, 5.41) is 21.1. The molecule has 1 aliphatic rings. The number of rotatable bonds is 8. The molecule has 0 heterocycles. The number of hydrogen-bond donors (Lipinski definition) is 3. The van der Waals surface area contributed by atoms with Crippen LogP contribution in [0, 0.1) is 0 Å². The number of nitrogens with one attached hydrogen (secondary N) is 1. The Morgan fingerprint density at radius 3 is 2.50 bits per heavy atom. The Labute approximate surface area is 120 Å². The molecule has 1 saturated carbocycles. The number of aliphatic carboxylic acids is 1. The molecule has 0 spiro atoms. The van der Waals surface area contributed by atoms with Crippen molar-refractivity contribution in [2.24, 2.45) is 0 Å². The molecular weight excluding hydrogens is 260 g/mol. The van der Waals surface area contributed by atoms with Crippen LogP contribution in [0.3, 0.4) is 0 Å². The molecule has 6 nitrogen and oxygen atoms in total. The molecule has 1 unspecified atom stereocenters. The van der Waals surface area contributed by atoms with Crippen molar-refractivity contribution in [3.8, 4) is 0 Å². The molecule has 0 aromatic carbocycles. The first-order valence-electron chi connectivity index (χ1n) is 7.39. The van der Waals surface area contributed by atoms with Gasteiger partial charge in [0.05, 0.1) is 19.1 Å². The molecule has 1 amide bonds. The van der Waals surface area contributed by atoms with Gasteiger partial charge in [-0.15, -0.1) is 0 Å². The van der Waals surface area contributed by atoms with Crippen LogP contribution in [0.15, 0.2) is 0 Å². The van der Waals surface area contributed by atoms with Crippen molar-refractivity contribution >= 4 is 11.9 Å². The second kappa shape index (κ2) is 8.92. The van der Waals surface area contributed by atoms with Gasteiger partial charge in [0.25, 0.3) is 0 Å². The van der Waals surface area contributed by atoms with Crippen LogP contribution in [0.25, 0.3) is 0 Å². The molecule has 6 heteroatoms. The van der Waals surface area contributed by atoms with Crippen molar-refractivity contribution in [2.45, 2.75) is 57.6 Å². The van der Waals surface area contributed by atoms with Gasteiger partial charge in [-0.25, -0.2) is 0 Å². The molecule has 1 atom stereocenters. The molecule has 1 aliphatic carbocycles. The molecule has 0 aromatic rings. The van der Waals surface area contributed by atoms with Crippen LogP contribution in [-0.2, 0) is 9.59 Å². The summed E-state index contributed by atoms with van der Waals surface area (Å²) in [6.45, 7) is 2.37. The van der Waals surface area contributed by atoms with Crippen molar-refractivity contribution in [1.82, 2.24) is 10.2 Å². The fourth-order valence-electron chi connectivity index (χ4n) is 2.59. The monoisotopic (exact) mass is 286 g/mol. The average molecular weight is 286 g/mol. The molecule has 0 bridgehead atoms. The van der Waals surface area contributed by atoms with E-state index in [1.807, 2.05) is 0 Å². The lowest BCUT2D eigenvalue weighted by Crippen LogP contribution is -2.45. The Morgan fingerprint density at radius 2 is 1.95 bits per heavy atom. The van der Waals surface area contributed by atoms with Gasteiger partial charge in [-0.05, 0) is 19.8 Å². The van der Waals surface area contributed by atoms with Crippen molar-refractivity contribution in [3.63, 3.8) is 0 Å². The number of aliphatic hydroxyl groups is 1. The summed E-state index contributed by atoms with van der Waals surface area (Å²) in [4.78, 5) is 24.3. The van der Waals surface area contributed by atoms with Crippen LogP contribution in [0.4, 0.5) is 0 Å². The molecular formula is C14H26N2O4. The average Bonchev–Trinajstić information content (AvgIpc) is 2.36. The second-order valence-electron chi connectivity index (χ2n) is 5.63. The highest BCUT2D eigenvalue weighted by Gasteiger charge is 2.18. The van der Waals surface area contributed by atoms with Gasteiger partial charge in [-0.2, -0.15) is 0 Å². The number of carboxylic acid groups (broad SMARTS) is 1. The number of amides is 1. The first-order chi connectivity index (χ1) is 9.47. The third-order valence-electron chi connectivity index (χ3n) is 3.50. The van der Waals surface area contributed by atoms with Gasteiger partial charge in [0.15, 0.2) is 0 Å². The zero-order valence-electron chi connectivity index (χ0n) is 12.2. The van der Waals surface area contributed by atoms with Crippen LogP contribution in [-0.4, -0.2) is 58.8 Å². The number of nitrogens with zero attached hydrogens (tertiary/aromatic N) is 1. The molecule has 1 fully saturated rings. The Morgan fingerprint density at radius 1 is 1.30 bits per heavy atom. The zero-order valence-corrected chi connectivity index (χ0v) is 12.2. The highest BCUT2D eigenvalue weighted by molar-refractivity contribution is 5.78. The Hall–Kier alpha value is -1.14. The van der Waals surface area contributed by atoms with E-state index in [1.165, 1.54) is 6.42 Å². The number of carboxylic acids is 1. The minimum Gasteiger partial charge on any atom is -0.481 e. The van der Waals surface area contributed by atoms with E-state index in [2.05, 4.69) is 5.32 Å². The summed E-state index contributed by atoms with van der Waals surface area (Å²) in [7, 11) is 0. The Bertz CT molecular complexity index is 314. The maximum absolute atomic E-state index is 12.0. The third-order valence-corrected chi connectivity index (χ3v) is 3.50. The first-order valence-corrected chi connectivity index (χ1v) is 7.39. The largest absolute Gasteiger partial charge is 0.481 e. The lowest BCUT2D eigenvalue weighted by atomic mass is 9.95. The molecule has 20 heavy (non-hydrogen) atoms. The van der Waals surface area contributed by atoms with E-state index >= 15 is 0 Å². The smallest absolute Gasteiger partial charge is 0.304 e. The SMILES string of the molecule is CC(O)CN(CCC(=O)O)CC(=O)NC1CCCCC1. The van der Waals surface area contributed by atoms with Crippen LogP contribution in [0.1, 0.15) is 45.4 Å². The fraction of sp³-hybridized carbons (Fsp3) is 0.857. The summed E-state index contributed by atoms with van der Waals surface area (Å²) in [6, 6.07) is 0.254. The van der Waals surface area contributed by atoms with Gasteiger partial charge in [-0.1, -0.05) is 19.3 Å². The molecule has 0 aliphatic heterocycles. The standard InChI is InChI=1S/C14H26N2O4/c1-11(17)9-16(8-7-14(19)20)10-13(18)15-12-5-3-2-4-6-12/h11-12,17H,2-10H2,1H3,(H,15,18)(H,19,20). The number of carbonyl (C=O) groups excluding carboxylic acids is 1. The van der Waals surface area contributed by atoms with Gasteiger partial charge in [0.1, 0.15) is 0 Å². The zero-order chi connectivity index (χ0) is 15.0. The van der Waals surface area contributed by atoms with E-state index in [1.54, 1.807) is 11.8 Å². The molecule has 0 radical (unpaired) electrons. The van der Waals surface area contributed by atoms with Crippen LogP contribution in [0.5, 0.6) is 0 Å². The number of carbonyl (C=O) groups is 2. The van der Waals surface area contributed by atoms with E-state index in [0.29, 0.717) is 6.54 Å². The van der Waals surface area contributed by atoms with Gasteiger partial charge in [0, 0.05) is 19.1 Å². The van der Waals surface area contributed by atoms with Crippen molar-refractivity contribution in [1.29, 1.82) is 0 Å². The summed E-state index contributed by atoms with van der Waals surface area (Å²) < 4.78 is 0. The molecule has 3 N–H and O–H groups in total. The molecule has 116 valence electrons. The van der Waals surface area contributed by atoms with E-state index in [4.69, 9.17) is 5.11 Å². The highest BCUT2D eigenvalue weighted by Crippen LogP contribution is 2.17. The van der Waals surface area contributed by atoms with Gasteiger partial charge >= 0.3 is 5.97 Å². The van der Waals surface area contributed by atoms with E-state index in [-0.39, 0.29) is 31.5 Å². The summed E-state index contributed by atoms with van der Waals surface area (Å²) in [5.41, 5.74) is 0. The van der Waals surface area contributed by atoms with E-state index in [0.717, 1.165) is 25.7 Å². The van der Waals surface area contributed by atoms with E-state index in [9.17, 15) is 14.7 Å². The molecule has 0 aromatic heterocycles. The predicted molar refractivity (Wildman–Crippen MR) is 75.4 cm³/mol. The van der Waals surface area contributed by atoms with Gasteiger partial charge < -0.3 is 15.5 Å². The number of hydrogen-bond acceptors (Lipinski definition) is 4. The first kappa shape index (κ1) is 16.9. The molecule has 1 rings (SSSR count). The summed E-state index contributed by atoms with van der Waals surface area (Å²) in [5.74, 6) is -0.976. The lowest BCUT2D eigenvalue weighted by molar-refractivity contribution is -0.138. The van der Waals surface area contributed by atoms with E-state index < -0.39 is 12.1 Å². The minimum absolute atomic E-state index is 0.0244. The minimum atomic E-state index is -0.895. The lowest BCUT2D eigenvalue weighted by Gasteiger charge is -2.26. The summed E-state index contributed by atoms with van der Waals surface area (Å²) >= 11 is 0. The highest BCUT2D eigenvalue weighted by atomic mass is 16.4. The Balaban J connectivity index is 2.37. The predicted octanol–water partition coefficient (Wildman–Crippen LogP) is 0.593. The maximum atomic E-state index is 12.0. The second-order valence-corrected chi connectivity index (χ2v) is 5.63. The maximum Gasteiger partial charge on any atom is 0.304 e. The van der Waals surface area contributed by atoms with Crippen molar-refractivity contribution in [2.75, 3.05) is 19.6 Å². The van der Waals surface area contributed by atoms with Crippen LogP contribution >= 0.6 is 0 Å².